The first-order valence-corrected chi connectivity index (χ1v) is 7.85. The first kappa shape index (κ1) is 14.0. The predicted octanol–water partition coefficient (Wildman–Crippen LogP) is 3.62. The summed E-state index contributed by atoms with van der Waals surface area (Å²) < 4.78 is 0.895. The summed E-state index contributed by atoms with van der Waals surface area (Å²) >= 11 is 6.90. The van der Waals surface area contributed by atoms with Crippen LogP contribution in [0.2, 0.25) is 0 Å². The molecule has 1 saturated heterocycles. The molecule has 0 spiro atoms. The Labute approximate surface area is 124 Å². The lowest BCUT2D eigenvalue weighted by Crippen LogP contribution is -2.37. The van der Waals surface area contributed by atoms with Crippen LogP contribution in [-0.2, 0) is 0 Å². The SMILES string of the molecule is CC(Br)CC1CCCN1C(=O)c1ccc(Br)cn1. The zero-order valence-corrected chi connectivity index (χ0v) is 13.4. The van der Waals surface area contributed by atoms with E-state index in [1.807, 2.05) is 11.0 Å². The summed E-state index contributed by atoms with van der Waals surface area (Å²) in [6, 6.07) is 3.98. The molecule has 98 valence electrons. The molecule has 2 unspecified atom stereocenters. The zero-order valence-electron chi connectivity index (χ0n) is 10.3. The van der Waals surface area contributed by atoms with Gasteiger partial charge in [0.15, 0.2) is 0 Å². The van der Waals surface area contributed by atoms with Gasteiger partial charge in [-0.05, 0) is 47.3 Å². The molecule has 1 aliphatic heterocycles. The van der Waals surface area contributed by atoms with E-state index >= 15 is 0 Å². The van der Waals surface area contributed by atoms with Crippen molar-refractivity contribution in [3.05, 3.63) is 28.5 Å². The van der Waals surface area contributed by atoms with Crippen LogP contribution in [0.25, 0.3) is 0 Å². The Kier molecular flexibility index (Phi) is 4.78. The minimum absolute atomic E-state index is 0.0538. The van der Waals surface area contributed by atoms with Crippen LogP contribution in [0.5, 0.6) is 0 Å². The molecule has 3 nitrogen and oxygen atoms in total. The quantitative estimate of drug-likeness (QED) is 0.756. The number of aromatic nitrogens is 1. The largest absolute Gasteiger partial charge is 0.334 e. The van der Waals surface area contributed by atoms with Crippen molar-refractivity contribution >= 4 is 37.8 Å². The van der Waals surface area contributed by atoms with Crippen molar-refractivity contribution in [2.45, 2.75) is 37.1 Å². The van der Waals surface area contributed by atoms with Gasteiger partial charge in [-0.2, -0.15) is 0 Å². The van der Waals surface area contributed by atoms with Gasteiger partial charge in [0.25, 0.3) is 5.91 Å². The summed E-state index contributed by atoms with van der Waals surface area (Å²) in [7, 11) is 0. The Morgan fingerprint density at radius 1 is 1.61 bits per heavy atom. The molecule has 0 saturated carbocycles. The van der Waals surface area contributed by atoms with Crippen molar-refractivity contribution < 1.29 is 4.79 Å². The molecule has 2 rings (SSSR count). The molecule has 18 heavy (non-hydrogen) atoms. The summed E-state index contributed by atoms with van der Waals surface area (Å²) in [6.07, 6.45) is 4.86. The Morgan fingerprint density at radius 3 is 3.00 bits per heavy atom. The van der Waals surface area contributed by atoms with E-state index in [1.165, 1.54) is 0 Å². The lowest BCUT2D eigenvalue weighted by Gasteiger charge is -2.25. The van der Waals surface area contributed by atoms with Crippen LogP contribution in [0.1, 0.15) is 36.7 Å². The number of likely N-dealkylation sites (tertiary alicyclic amines) is 1. The van der Waals surface area contributed by atoms with E-state index in [0.717, 1.165) is 30.3 Å². The maximum atomic E-state index is 12.4. The van der Waals surface area contributed by atoms with Crippen molar-refractivity contribution in [1.29, 1.82) is 0 Å². The maximum Gasteiger partial charge on any atom is 0.272 e. The first-order chi connectivity index (χ1) is 8.58. The predicted molar refractivity (Wildman–Crippen MR) is 79.0 cm³/mol. The fourth-order valence-corrected chi connectivity index (χ4v) is 3.04. The number of carbonyl (C=O) groups excluding carboxylic acids is 1. The highest BCUT2D eigenvalue weighted by atomic mass is 79.9. The number of pyridine rings is 1. The van der Waals surface area contributed by atoms with E-state index in [1.54, 1.807) is 12.3 Å². The van der Waals surface area contributed by atoms with Crippen LogP contribution in [0.4, 0.5) is 0 Å². The van der Waals surface area contributed by atoms with Gasteiger partial charge in [-0.3, -0.25) is 4.79 Å². The van der Waals surface area contributed by atoms with Gasteiger partial charge in [0.2, 0.25) is 0 Å². The van der Waals surface area contributed by atoms with Crippen molar-refractivity contribution in [1.82, 2.24) is 9.88 Å². The van der Waals surface area contributed by atoms with Gasteiger partial charge in [-0.1, -0.05) is 22.9 Å². The molecule has 2 atom stereocenters. The standard InChI is InChI=1S/C13H16Br2N2O/c1-9(14)7-11-3-2-6-17(11)13(18)12-5-4-10(15)8-16-12/h4-5,8-9,11H,2-3,6-7H2,1H3. The summed E-state index contributed by atoms with van der Waals surface area (Å²) in [5.41, 5.74) is 0.535. The normalized spacial score (nSPS) is 21.1. The molecule has 0 bridgehead atoms. The zero-order chi connectivity index (χ0) is 13.1. The van der Waals surface area contributed by atoms with Crippen LogP contribution >= 0.6 is 31.9 Å². The minimum Gasteiger partial charge on any atom is -0.334 e. The van der Waals surface area contributed by atoms with Gasteiger partial charge >= 0.3 is 0 Å². The smallest absolute Gasteiger partial charge is 0.272 e. The van der Waals surface area contributed by atoms with E-state index in [4.69, 9.17) is 0 Å². The van der Waals surface area contributed by atoms with Gasteiger partial charge in [-0.25, -0.2) is 4.98 Å². The third-order valence-electron chi connectivity index (χ3n) is 3.18. The van der Waals surface area contributed by atoms with E-state index in [2.05, 4.69) is 43.8 Å². The van der Waals surface area contributed by atoms with Crippen LogP contribution in [-0.4, -0.2) is 33.2 Å². The van der Waals surface area contributed by atoms with Crippen LogP contribution in [0.3, 0.4) is 0 Å². The lowest BCUT2D eigenvalue weighted by molar-refractivity contribution is 0.0725. The van der Waals surface area contributed by atoms with Crippen molar-refractivity contribution in [3.8, 4) is 0 Å². The molecule has 1 amide bonds. The monoisotopic (exact) mass is 374 g/mol. The van der Waals surface area contributed by atoms with Crippen molar-refractivity contribution in [3.63, 3.8) is 0 Å². The fraction of sp³-hybridized carbons (Fsp3) is 0.538. The molecule has 1 aliphatic rings. The fourth-order valence-electron chi connectivity index (χ4n) is 2.37. The highest BCUT2D eigenvalue weighted by molar-refractivity contribution is 9.10. The molecule has 0 aromatic carbocycles. The van der Waals surface area contributed by atoms with Crippen LogP contribution in [0.15, 0.2) is 22.8 Å². The summed E-state index contributed by atoms with van der Waals surface area (Å²) in [6.45, 7) is 2.97. The van der Waals surface area contributed by atoms with Crippen molar-refractivity contribution in [2.75, 3.05) is 6.54 Å². The summed E-state index contributed by atoms with van der Waals surface area (Å²) in [4.78, 5) is 19.0. The molecule has 0 aliphatic carbocycles. The van der Waals surface area contributed by atoms with E-state index in [-0.39, 0.29) is 5.91 Å². The molecule has 2 heterocycles. The minimum atomic E-state index is 0.0538. The molecule has 0 radical (unpaired) electrons. The van der Waals surface area contributed by atoms with Crippen molar-refractivity contribution in [2.24, 2.45) is 0 Å². The third kappa shape index (κ3) is 3.32. The number of rotatable bonds is 3. The lowest BCUT2D eigenvalue weighted by atomic mass is 10.1. The molecule has 5 heteroatoms. The highest BCUT2D eigenvalue weighted by Gasteiger charge is 2.30. The molecular formula is C13H16Br2N2O. The second-order valence-electron chi connectivity index (χ2n) is 4.67. The Morgan fingerprint density at radius 2 is 2.39 bits per heavy atom. The average Bonchev–Trinajstić information content (AvgIpc) is 2.76. The number of hydrogen-bond donors (Lipinski definition) is 0. The second kappa shape index (κ2) is 6.15. The number of carbonyl (C=O) groups is 1. The Hall–Kier alpha value is -0.420. The third-order valence-corrected chi connectivity index (χ3v) is 4.02. The first-order valence-electron chi connectivity index (χ1n) is 6.14. The molecular weight excluding hydrogens is 360 g/mol. The van der Waals surface area contributed by atoms with E-state index in [0.29, 0.717) is 16.6 Å². The van der Waals surface area contributed by atoms with Gasteiger partial charge in [-0.15, -0.1) is 0 Å². The summed E-state index contributed by atoms with van der Waals surface area (Å²) in [5.74, 6) is 0.0538. The number of hydrogen-bond acceptors (Lipinski definition) is 2. The van der Waals surface area contributed by atoms with E-state index < -0.39 is 0 Å². The Balaban J connectivity index is 2.10. The van der Waals surface area contributed by atoms with E-state index in [9.17, 15) is 4.79 Å². The number of nitrogens with zero attached hydrogens (tertiary/aromatic N) is 2. The van der Waals surface area contributed by atoms with Gasteiger partial charge < -0.3 is 4.90 Å². The molecule has 0 N–H and O–H groups in total. The Bertz CT molecular complexity index is 420. The number of halogens is 2. The van der Waals surface area contributed by atoms with Gasteiger partial charge in [0.05, 0.1) is 0 Å². The maximum absolute atomic E-state index is 12.4. The molecule has 1 aromatic heterocycles. The molecule has 1 fully saturated rings. The average molecular weight is 376 g/mol. The van der Waals surface area contributed by atoms with Gasteiger partial charge in [0.1, 0.15) is 5.69 Å². The summed E-state index contributed by atoms with van der Waals surface area (Å²) in [5, 5.41) is 0. The van der Waals surface area contributed by atoms with Crippen LogP contribution < -0.4 is 0 Å². The van der Waals surface area contributed by atoms with Gasteiger partial charge in [0, 0.05) is 28.1 Å². The van der Waals surface area contributed by atoms with Crippen LogP contribution in [0, 0.1) is 0 Å². The highest BCUT2D eigenvalue weighted by Crippen LogP contribution is 2.25. The molecule has 1 aromatic rings. The number of alkyl halides is 1. The topological polar surface area (TPSA) is 33.2 Å². The number of amides is 1. The second-order valence-corrected chi connectivity index (χ2v) is 7.15.